The number of hydrogen-bond acceptors (Lipinski definition) is 5. The number of nitrogens with two attached hydrogens (primary N) is 1. The van der Waals surface area contributed by atoms with E-state index in [9.17, 15) is 4.79 Å². The molecule has 0 spiro atoms. The molecule has 1 heterocycles. The minimum Gasteiger partial charge on any atom is -0.399 e. The van der Waals surface area contributed by atoms with Crippen molar-refractivity contribution < 1.29 is 9.32 Å². The molecular formula is C13H16N4O2. The van der Waals surface area contributed by atoms with E-state index < -0.39 is 0 Å². The van der Waals surface area contributed by atoms with Gasteiger partial charge in [0.2, 0.25) is 11.8 Å². The van der Waals surface area contributed by atoms with E-state index in [-0.39, 0.29) is 5.91 Å². The first-order valence-electron chi connectivity index (χ1n) is 6.04. The van der Waals surface area contributed by atoms with Gasteiger partial charge in [-0.2, -0.15) is 4.98 Å². The normalized spacial score (nSPS) is 10.4. The van der Waals surface area contributed by atoms with Crippen molar-refractivity contribution >= 4 is 11.6 Å². The zero-order valence-electron chi connectivity index (χ0n) is 10.7. The molecule has 0 bridgehead atoms. The van der Waals surface area contributed by atoms with Crippen LogP contribution in [0.4, 0.5) is 5.69 Å². The van der Waals surface area contributed by atoms with E-state index in [0.29, 0.717) is 36.8 Å². The van der Waals surface area contributed by atoms with Crippen LogP contribution in [0.2, 0.25) is 0 Å². The zero-order chi connectivity index (χ0) is 13.7. The van der Waals surface area contributed by atoms with E-state index >= 15 is 0 Å². The van der Waals surface area contributed by atoms with Crippen LogP contribution in [-0.2, 0) is 17.6 Å². The van der Waals surface area contributed by atoms with E-state index in [1.54, 1.807) is 19.1 Å². The number of nitrogens with one attached hydrogen (secondary N) is 1. The molecular weight excluding hydrogens is 244 g/mol. The molecule has 0 aliphatic carbocycles. The van der Waals surface area contributed by atoms with Crippen LogP contribution < -0.4 is 11.1 Å². The summed E-state index contributed by atoms with van der Waals surface area (Å²) in [5.74, 6) is 1.08. The smallest absolute Gasteiger partial charge is 0.224 e. The highest BCUT2D eigenvalue weighted by atomic mass is 16.5. The van der Waals surface area contributed by atoms with Gasteiger partial charge in [0, 0.05) is 25.6 Å². The molecule has 3 N–H and O–H groups in total. The Morgan fingerprint density at radius 3 is 3.00 bits per heavy atom. The van der Waals surface area contributed by atoms with Crippen molar-refractivity contribution in [1.82, 2.24) is 15.5 Å². The first-order chi connectivity index (χ1) is 9.13. The number of hydrogen-bond donors (Lipinski definition) is 2. The third-order valence-corrected chi connectivity index (χ3v) is 2.56. The molecule has 100 valence electrons. The first kappa shape index (κ1) is 13.1. The standard InChI is InChI=1S/C13H16N4O2/c1-9-16-12(17-19-9)5-6-15-13(18)8-10-3-2-4-11(14)7-10/h2-4,7H,5-6,8,14H2,1H3,(H,15,18). The molecule has 1 aromatic heterocycles. The summed E-state index contributed by atoms with van der Waals surface area (Å²) in [6.07, 6.45) is 0.871. The van der Waals surface area contributed by atoms with Crippen LogP contribution in [-0.4, -0.2) is 22.6 Å². The lowest BCUT2D eigenvalue weighted by molar-refractivity contribution is -0.120. The molecule has 0 aliphatic rings. The van der Waals surface area contributed by atoms with Crippen LogP contribution in [0.1, 0.15) is 17.3 Å². The third kappa shape index (κ3) is 4.09. The number of carbonyl (C=O) groups is 1. The van der Waals surface area contributed by atoms with Gasteiger partial charge in [-0.05, 0) is 17.7 Å². The lowest BCUT2D eigenvalue weighted by Crippen LogP contribution is -2.27. The van der Waals surface area contributed by atoms with Crippen molar-refractivity contribution in [3.8, 4) is 0 Å². The van der Waals surface area contributed by atoms with Gasteiger partial charge in [0.05, 0.1) is 6.42 Å². The lowest BCUT2D eigenvalue weighted by atomic mass is 10.1. The summed E-state index contributed by atoms with van der Waals surface area (Å²) >= 11 is 0. The topological polar surface area (TPSA) is 94.0 Å². The summed E-state index contributed by atoms with van der Waals surface area (Å²) in [6.45, 7) is 2.22. The fourth-order valence-electron chi connectivity index (χ4n) is 1.71. The number of amides is 1. The van der Waals surface area contributed by atoms with E-state index in [1.165, 1.54) is 0 Å². The highest BCUT2D eigenvalue weighted by molar-refractivity contribution is 5.78. The second kappa shape index (κ2) is 5.99. The van der Waals surface area contributed by atoms with Crippen LogP contribution in [0.15, 0.2) is 28.8 Å². The van der Waals surface area contributed by atoms with Gasteiger partial charge in [-0.3, -0.25) is 4.79 Å². The number of aryl methyl sites for hydroxylation is 1. The maximum Gasteiger partial charge on any atom is 0.224 e. The minimum atomic E-state index is -0.0502. The Labute approximate surface area is 111 Å². The second-order valence-electron chi connectivity index (χ2n) is 4.25. The van der Waals surface area contributed by atoms with Gasteiger partial charge >= 0.3 is 0 Å². The molecule has 0 unspecified atom stereocenters. The molecule has 2 rings (SSSR count). The molecule has 1 amide bonds. The average Bonchev–Trinajstić information content (AvgIpc) is 2.75. The van der Waals surface area contributed by atoms with Gasteiger partial charge in [0.1, 0.15) is 0 Å². The molecule has 0 fully saturated rings. The first-order valence-corrected chi connectivity index (χ1v) is 6.04. The van der Waals surface area contributed by atoms with Crippen molar-refractivity contribution in [3.05, 3.63) is 41.5 Å². The number of carbonyl (C=O) groups excluding carboxylic acids is 1. The van der Waals surface area contributed by atoms with Gasteiger partial charge in [-0.25, -0.2) is 0 Å². The van der Waals surface area contributed by atoms with Gasteiger partial charge in [0.25, 0.3) is 0 Å². The third-order valence-electron chi connectivity index (χ3n) is 2.56. The van der Waals surface area contributed by atoms with E-state index in [1.807, 2.05) is 12.1 Å². The summed E-state index contributed by atoms with van der Waals surface area (Å²) in [5.41, 5.74) is 7.21. The number of rotatable bonds is 5. The predicted octanol–water partition coefficient (Wildman–Crippen LogP) is 0.862. The van der Waals surface area contributed by atoms with Crippen LogP contribution in [0.3, 0.4) is 0 Å². The van der Waals surface area contributed by atoms with Crippen LogP contribution in [0, 0.1) is 6.92 Å². The Morgan fingerprint density at radius 1 is 1.47 bits per heavy atom. The van der Waals surface area contributed by atoms with E-state index in [4.69, 9.17) is 10.3 Å². The SMILES string of the molecule is Cc1nc(CCNC(=O)Cc2cccc(N)c2)no1. The lowest BCUT2D eigenvalue weighted by Gasteiger charge is -2.04. The van der Waals surface area contributed by atoms with Crippen molar-refractivity contribution in [2.24, 2.45) is 0 Å². The highest BCUT2D eigenvalue weighted by Crippen LogP contribution is 2.06. The molecule has 1 aromatic carbocycles. The van der Waals surface area contributed by atoms with E-state index in [0.717, 1.165) is 5.56 Å². The van der Waals surface area contributed by atoms with Gasteiger partial charge in [-0.1, -0.05) is 17.3 Å². The van der Waals surface area contributed by atoms with Crippen molar-refractivity contribution in [1.29, 1.82) is 0 Å². The minimum absolute atomic E-state index is 0.0502. The Kier molecular flexibility index (Phi) is 4.12. The quantitative estimate of drug-likeness (QED) is 0.778. The maximum absolute atomic E-state index is 11.7. The fraction of sp³-hybridized carbons (Fsp3) is 0.308. The molecule has 0 atom stereocenters. The van der Waals surface area contributed by atoms with Crippen molar-refractivity contribution in [3.63, 3.8) is 0 Å². The fourth-order valence-corrected chi connectivity index (χ4v) is 1.71. The van der Waals surface area contributed by atoms with Crippen LogP contribution >= 0.6 is 0 Å². The average molecular weight is 260 g/mol. The zero-order valence-corrected chi connectivity index (χ0v) is 10.7. The number of anilines is 1. The molecule has 0 radical (unpaired) electrons. The summed E-state index contributed by atoms with van der Waals surface area (Å²) < 4.78 is 4.84. The van der Waals surface area contributed by atoms with E-state index in [2.05, 4.69) is 15.5 Å². The molecule has 6 heteroatoms. The predicted molar refractivity (Wildman–Crippen MR) is 70.3 cm³/mol. The van der Waals surface area contributed by atoms with Crippen molar-refractivity contribution in [2.75, 3.05) is 12.3 Å². The number of benzene rings is 1. The number of aromatic nitrogens is 2. The highest BCUT2D eigenvalue weighted by Gasteiger charge is 2.05. The van der Waals surface area contributed by atoms with Gasteiger partial charge < -0.3 is 15.6 Å². The summed E-state index contributed by atoms with van der Waals surface area (Å²) in [7, 11) is 0. The Hall–Kier alpha value is -2.37. The van der Waals surface area contributed by atoms with Crippen LogP contribution in [0.25, 0.3) is 0 Å². The largest absolute Gasteiger partial charge is 0.399 e. The van der Waals surface area contributed by atoms with Gasteiger partial charge in [-0.15, -0.1) is 0 Å². The Morgan fingerprint density at radius 2 is 2.32 bits per heavy atom. The van der Waals surface area contributed by atoms with Gasteiger partial charge in [0.15, 0.2) is 5.82 Å². The summed E-state index contributed by atoms with van der Waals surface area (Å²) in [6, 6.07) is 7.29. The van der Waals surface area contributed by atoms with Crippen LogP contribution in [0.5, 0.6) is 0 Å². The number of nitrogens with zero attached hydrogens (tertiary/aromatic N) is 2. The molecule has 6 nitrogen and oxygen atoms in total. The molecule has 0 aliphatic heterocycles. The molecule has 19 heavy (non-hydrogen) atoms. The second-order valence-corrected chi connectivity index (χ2v) is 4.25. The molecule has 0 saturated heterocycles. The Balaban J connectivity index is 1.76. The van der Waals surface area contributed by atoms with Crippen molar-refractivity contribution in [2.45, 2.75) is 19.8 Å². The summed E-state index contributed by atoms with van der Waals surface area (Å²) in [4.78, 5) is 15.8. The molecule has 0 saturated carbocycles. The number of nitrogen functional groups attached to an aromatic ring is 1. The summed E-state index contributed by atoms with van der Waals surface area (Å²) in [5, 5.41) is 6.56. The maximum atomic E-state index is 11.7. The Bertz CT molecular complexity index is 565. The molecule has 2 aromatic rings. The monoisotopic (exact) mass is 260 g/mol.